The van der Waals surface area contributed by atoms with Crippen molar-refractivity contribution < 1.29 is 0 Å². The van der Waals surface area contributed by atoms with E-state index in [2.05, 4.69) is 25.7 Å². The quantitative estimate of drug-likeness (QED) is 0.773. The lowest BCUT2D eigenvalue weighted by atomic mass is 9.75. The topological polar surface area (TPSA) is 29.3 Å². The molecular formula is C15H23ClN2. The summed E-state index contributed by atoms with van der Waals surface area (Å²) in [5.41, 5.74) is 8.38. The molecule has 1 heterocycles. The molecule has 1 aliphatic heterocycles. The van der Waals surface area contributed by atoms with E-state index < -0.39 is 0 Å². The van der Waals surface area contributed by atoms with Gasteiger partial charge in [-0.05, 0) is 42.4 Å². The van der Waals surface area contributed by atoms with Crippen molar-refractivity contribution in [2.45, 2.75) is 33.6 Å². The van der Waals surface area contributed by atoms with E-state index in [0.29, 0.717) is 10.4 Å². The number of benzene rings is 1. The molecule has 0 unspecified atom stereocenters. The third-order valence-corrected chi connectivity index (χ3v) is 4.29. The van der Waals surface area contributed by atoms with Gasteiger partial charge in [-0.1, -0.05) is 32.4 Å². The van der Waals surface area contributed by atoms with Crippen molar-refractivity contribution in [2.24, 2.45) is 11.3 Å². The molecule has 1 saturated heterocycles. The highest BCUT2D eigenvalue weighted by Crippen LogP contribution is 2.37. The van der Waals surface area contributed by atoms with Crippen molar-refractivity contribution in [1.82, 2.24) is 0 Å². The maximum atomic E-state index is 6.05. The lowest BCUT2D eigenvalue weighted by Crippen LogP contribution is -2.38. The molecule has 0 spiro atoms. The Morgan fingerprint density at radius 1 is 1.22 bits per heavy atom. The molecule has 0 bridgehead atoms. The van der Waals surface area contributed by atoms with E-state index in [1.165, 1.54) is 12.8 Å². The SMILES string of the molecule is CC(C)(C)C1CCN(c2ccc(Cl)cc2N)CC1. The predicted octanol–water partition coefficient (Wildman–Crippen LogP) is 4.18. The fourth-order valence-corrected chi connectivity index (χ4v) is 2.98. The van der Waals surface area contributed by atoms with Crippen LogP contribution < -0.4 is 10.6 Å². The molecule has 1 fully saturated rings. The van der Waals surface area contributed by atoms with E-state index in [9.17, 15) is 0 Å². The average Bonchev–Trinajstić information content (AvgIpc) is 2.28. The Balaban J connectivity index is 2.06. The van der Waals surface area contributed by atoms with Crippen molar-refractivity contribution >= 4 is 23.0 Å². The van der Waals surface area contributed by atoms with Gasteiger partial charge in [0, 0.05) is 18.1 Å². The first-order chi connectivity index (χ1) is 8.38. The fraction of sp³-hybridized carbons (Fsp3) is 0.600. The number of hydrogen-bond acceptors (Lipinski definition) is 2. The van der Waals surface area contributed by atoms with E-state index in [0.717, 1.165) is 30.4 Å². The molecular weight excluding hydrogens is 244 g/mol. The molecule has 2 rings (SSSR count). The second-order valence-electron chi connectivity index (χ2n) is 6.33. The average molecular weight is 267 g/mol. The largest absolute Gasteiger partial charge is 0.397 e. The highest BCUT2D eigenvalue weighted by Gasteiger charge is 2.29. The highest BCUT2D eigenvalue weighted by atomic mass is 35.5. The van der Waals surface area contributed by atoms with Gasteiger partial charge in [-0.25, -0.2) is 0 Å². The van der Waals surface area contributed by atoms with Gasteiger partial charge in [0.15, 0.2) is 0 Å². The molecule has 3 heteroatoms. The smallest absolute Gasteiger partial charge is 0.0600 e. The Labute approximate surface area is 115 Å². The Morgan fingerprint density at radius 3 is 2.33 bits per heavy atom. The molecule has 1 aliphatic rings. The van der Waals surface area contributed by atoms with Crippen LogP contribution in [0.4, 0.5) is 11.4 Å². The zero-order valence-corrected chi connectivity index (χ0v) is 12.3. The summed E-state index contributed by atoms with van der Waals surface area (Å²) < 4.78 is 0. The van der Waals surface area contributed by atoms with Crippen molar-refractivity contribution in [3.05, 3.63) is 23.2 Å². The first kappa shape index (κ1) is 13.5. The zero-order valence-electron chi connectivity index (χ0n) is 11.5. The minimum atomic E-state index is 0.414. The van der Waals surface area contributed by atoms with Gasteiger partial charge >= 0.3 is 0 Å². The summed E-state index contributed by atoms with van der Waals surface area (Å²) in [6, 6.07) is 5.80. The monoisotopic (exact) mass is 266 g/mol. The highest BCUT2D eigenvalue weighted by molar-refractivity contribution is 6.31. The number of nitrogens with zero attached hydrogens (tertiary/aromatic N) is 1. The van der Waals surface area contributed by atoms with Crippen molar-refractivity contribution in [2.75, 3.05) is 23.7 Å². The number of rotatable bonds is 1. The molecule has 1 aromatic carbocycles. The third kappa shape index (κ3) is 2.92. The van der Waals surface area contributed by atoms with Crippen molar-refractivity contribution in [1.29, 1.82) is 0 Å². The summed E-state index contributed by atoms with van der Waals surface area (Å²) in [6.07, 6.45) is 2.48. The summed E-state index contributed by atoms with van der Waals surface area (Å²) in [6.45, 7) is 9.19. The molecule has 0 aromatic heterocycles. The zero-order chi connectivity index (χ0) is 13.3. The summed E-state index contributed by atoms with van der Waals surface area (Å²) in [5.74, 6) is 0.808. The van der Waals surface area contributed by atoms with Gasteiger partial charge in [-0.15, -0.1) is 0 Å². The Kier molecular flexibility index (Phi) is 3.76. The number of hydrogen-bond donors (Lipinski definition) is 1. The van der Waals surface area contributed by atoms with Crippen LogP contribution in [0.2, 0.25) is 5.02 Å². The third-order valence-electron chi connectivity index (χ3n) is 4.05. The lowest BCUT2D eigenvalue weighted by molar-refractivity contribution is 0.199. The van der Waals surface area contributed by atoms with Gasteiger partial charge in [-0.2, -0.15) is 0 Å². The Morgan fingerprint density at radius 2 is 1.83 bits per heavy atom. The maximum absolute atomic E-state index is 6.05. The molecule has 100 valence electrons. The van der Waals surface area contributed by atoms with Crippen molar-refractivity contribution in [3.8, 4) is 0 Å². The van der Waals surface area contributed by atoms with E-state index in [1.807, 2.05) is 18.2 Å². The Bertz CT molecular complexity index is 415. The first-order valence-corrected chi connectivity index (χ1v) is 7.05. The predicted molar refractivity (Wildman–Crippen MR) is 80.3 cm³/mol. The molecule has 0 saturated carbocycles. The van der Waals surface area contributed by atoms with Crippen LogP contribution in [0, 0.1) is 11.3 Å². The standard InChI is InChI=1S/C15H23ClN2/c1-15(2,3)11-6-8-18(9-7-11)14-5-4-12(16)10-13(14)17/h4-5,10-11H,6-9,17H2,1-3H3. The van der Waals surface area contributed by atoms with E-state index in [1.54, 1.807) is 0 Å². The second kappa shape index (κ2) is 5.00. The fourth-order valence-electron chi connectivity index (χ4n) is 2.80. The first-order valence-electron chi connectivity index (χ1n) is 6.68. The van der Waals surface area contributed by atoms with Gasteiger partial charge in [0.25, 0.3) is 0 Å². The number of nitrogen functional groups attached to an aromatic ring is 1. The van der Waals surface area contributed by atoms with Gasteiger partial charge in [0.1, 0.15) is 0 Å². The number of piperidine rings is 1. The molecule has 0 radical (unpaired) electrons. The molecule has 2 nitrogen and oxygen atoms in total. The van der Waals surface area contributed by atoms with Crippen LogP contribution in [0.3, 0.4) is 0 Å². The van der Waals surface area contributed by atoms with Crippen LogP contribution in [0.1, 0.15) is 33.6 Å². The molecule has 1 aromatic rings. The normalized spacial score (nSPS) is 18.1. The molecule has 0 amide bonds. The lowest BCUT2D eigenvalue weighted by Gasteiger charge is -2.40. The number of halogens is 1. The molecule has 2 N–H and O–H groups in total. The summed E-state index contributed by atoms with van der Waals surface area (Å²) in [5, 5.41) is 0.709. The number of nitrogens with two attached hydrogens (primary N) is 1. The molecule has 0 aliphatic carbocycles. The van der Waals surface area contributed by atoms with Crippen LogP contribution in [0.25, 0.3) is 0 Å². The molecule has 18 heavy (non-hydrogen) atoms. The Hall–Kier alpha value is -0.890. The van der Waals surface area contributed by atoms with Gasteiger partial charge in [-0.3, -0.25) is 0 Å². The van der Waals surface area contributed by atoms with E-state index >= 15 is 0 Å². The van der Waals surface area contributed by atoms with Gasteiger partial charge < -0.3 is 10.6 Å². The minimum absolute atomic E-state index is 0.414. The number of anilines is 2. The maximum Gasteiger partial charge on any atom is 0.0600 e. The van der Waals surface area contributed by atoms with Crippen LogP contribution in [0.15, 0.2) is 18.2 Å². The van der Waals surface area contributed by atoms with Crippen LogP contribution in [-0.4, -0.2) is 13.1 Å². The van der Waals surface area contributed by atoms with E-state index in [-0.39, 0.29) is 0 Å². The van der Waals surface area contributed by atoms with E-state index in [4.69, 9.17) is 17.3 Å². The van der Waals surface area contributed by atoms with Gasteiger partial charge in [0.05, 0.1) is 11.4 Å². The van der Waals surface area contributed by atoms with Gasteiger partial charge in [0.2, 0.25) is 0 Å². The molecule has 0 atom stereocenters. The second-order valence-corrected chi connectivity index (χ2v) is 6.77. The van der Waals surface area contributed by atoms with Crippen LogP contribution in [-0.2, 0) is 0 Å². The minimum Gasteiger partial charge on any atom is -0.397 e. The van der Waals surface area contributed by atoms with Crippen LogP contribution in [0.5, 0.6) is 0 Å². The summed E-state index contributed by atoms with van der Waals surface area (Å²) in [7, 11) is 0. The van der Waals surface area contributed by atoms with Crippen LogP contribution >= 0.6 is 11.6 Å². The summed E-state index contributed by atoms with van der Waals surface area (Å²) >= 11 is 5.94. The summed E-state index contributed by atoms with van der Waals surface area (Å²) in [4.78, 5) is 2.38. The van der Waals surface area contributed by atoms with Crippen molar-refractivity contribution in [3.63, 3.8) is 0 Å².